The van der Waals surface area contributed by atoms with E-state index < -0.39 is 11.9 Å². The number of benzene rings is 1. The van der Waals surface area contributed by atoms with Crippen molar-refractivity contribution in [3.05, 3.63) is 24.3 Å². The van der Waals surface area contributed by atoms with Gasteiger partial charge in [-0.15, -0.1) is 23.2 Å². The Morgan fingerprint density at radius 1 is 1.00 bits per heavy atom. The lowest BCUT2D eigenvalue weighted by atomic mass is 10.3. The van der Waals surface area contributed by atoms with Gasteiger partial charge >= 0.3 is 11.9 Å². The Hall–Kier alpha value is -1.26. The Labute approximate surface area is 108 Å². The number of carbonyl (C=O) groups is 2. The van der Waals surface area contributed by atoms with Crippen LogP contribution in [0.5, 0.6) is 11.5 Å². The van der Waals surface area contributed by atoms with Crippen molar-refractivity contribution in [3.8, 4) is 11.5 Å². The number of carbonyl (C=O) groups excluding carboxylic acids is 2. The van der Waals surface area contributed by atoms with Crippen molar-refractivity contribution in [3.63, 3.8) is 0 Å². The number of hydrogen-bond donors (Lipinski definition) is 0. The molecular weight excluding hydrogens is 267 g/mol. The fourth-order valence-electron chi connectivity index (χ4n) is 1.02. The molecule has 6 heteroatoms. The average molecular weight is 277 g/mol. The van der Waals surface area contributed by atoms with Crippen molar-refractivity contribution in [1.82, 2.24) is 0 Å². The van der Waals surface area contributed by atoms with E-state index in [2.05, 4.69) is 0 Å². The van der Waals surface area contributed by atoms with E-state index in [1.165, 1.54) is 12.1 Å². The zero-order valence-corrected chi connectivity index (χ0v) is 10.3. The minimum atomic E-state index is -0.618. The Morgan fingerprint density at radius 2 is 1.53 bits per heavy atom. The van der Waals surface area contributed by atoms with E-state index in [9.17, 15) is 9.59 Å². The third-order valence-corrected chi connectivity index (χ3v) is 2.11. The molecule has 0 aliphatic heterocycles. The van der Waals surface area contributed by atoms with Crippen molar-refractivity contribution in [2.45, 2.75) is 6.42 Å². The molecule has 0 bridgehead atoms. The molecule has 0 aliphatic rings. The minimum Gasteiger partial charge on any atom is -0.422 e. The SMILES string of the molecule is O=C(CCl)Oc1ccccc1OC(=O)CCCl. The molecule has 0 spiro atoms. The topological polar surface area (TPSA) is 52.6 Å². The number of rotatable bonds is 5. The van der Waals surface area contributed by atoms with E-state index in [-0.39, 0.29) is 29.7 Å². The van der Waals surface area contributed by atoms with Gasteiger partial charge in [-0.2, -0.15) is 0 Å². The molecule has 0 amide bonds. The van der Waals surface area contributed by atoms with E-state index in [1.54, 1.807) is 12.1 Å². The first kappa shape index (κ1) is 13.8. The highest BCUT2D eigenvalue weighted by atomic mass is 35.5. The molecule has 0 saturated carbocycles. The quantitative estimate of drug-likeness (QED) is 0.471. The smallest absolute Gasteiger partial charge is 0.326 e. The third kappa shape index (κ3) is 4.63. The van der Waals surface area contributed by atoms with E-state index in [0.717, 1.165) is 0 Å². The molecule has 92 valence electrons. The van der Waals surface area contributed by atoms with Crippen molar-refractivity contribution in [1.29, 1.82) is 0 Å². The molecule has 0 aliphatic carbocycles. The van der Waals surface area contributed by atoms with Crippen molar-refractivity contribution in [2.24, 2.45) is 0 Å². The summed E-state index contributed by atoms with van der Waals surface area (Å²) in [5.74, 6) is -0.893. The summed E-state index contributed by atoms with van der Waals surface area (Å²) >= 11 is 10.7. The highest BCUT2D eigenvalue weighted by Crippen LogP contribution is 2.27. The summed E-state index contributed by atoms with van der Waals surface area (Å²) in [5.41, 5.74) is 0. The molecule has 1 aromatic rings. The number of halogens is 2. The summed E-state index contributed by atoms with van der Waals surface area (Å²) < 4.78 is 9.88. The molecule has 1 rings (SSSR count). The largest absolute Gasteiger partial charge is 0.422 e. The van der Waals surface area contributed by atoms with Gasteiger partial charge in [0.1, 0.15) is 5.88 Å². The summed E-state index contributed by atoms with van der Waals surface area (Å²) in [7, 11) is 0. The second-order valence-electron chi connectivity index (χ2n) is 2.97. The summed E-state index contributed by atoms with van der Waals surface area (Å²) in [5, 5.41) is 0. The lowest BCUT2D eigenvalue weighted by molar-refractivity contribution is -0.135. The maximum absolute atomic E-state index is 11.2. The molecule has 17 heavy (non-hydrogen) atoms. The van der Waals surface area contributed by atoms with Crippen molar-refractivity contribution < 1.29 is 19.1 Å². The summed E-state index contributed by atoms with van der Waals surface area (Å²) in [6.07, 6.45) is 0.0827. The Balaban J connectivity index is 2.77. The second-order valence-corrected chi connectivity index (χ2v) is 3.61. The molecular formula is C11H10Cl2O4. The van der Waals surface area contributed by atoms with Crippen LogP contribution in [-0.4, -0.2) is 23.7 Å². The van der Waals surface area contributed by atoms with Crippen LogP contribution >= 0.6 is 23.2 Å². The van der Waals surface area contributed by atoms with Gasteiger partial charge in [-0.05, 0) is 12.1 Å². The van der Waals surface area contributed by atoms with E-state index >= 15 is 0 Å². The molecule has 0 unspecified atom stereocenters. The minimum absolute atomic E-state index is 0.0827. The van der Waals surface area contributed by atoms with E-state index in [0.29, 0.717) is 0 Å². The molecule has 0 atom stereocenters. The fraction of sp³-hybridized carbons (Fsp3) is 0.273. The molecule has 0 radical (unpaired) electrons. The van der Waals surface area contributed by atoms with Crippen LogP contribution in [0.4, 0.5) is 0 Å². The Morgan fingerprint density at radius 3 is 2.00 bits per heavy atom. The number of hydrogen-bond acceptors (Lipinski definition) is 4. The summed E-state index contributed by atoms with van der Waals surface area (Å²) in [6.45, 7) is 0. The predicted octanol–water partition coefficient (Wildman–Crippen LogP) is 2.37. The normalized spacial score (nSPS) is 9.76. The molecule has 0 N–H and O–H groups in total. The van der Waals surface area contributed by atoms with Gasteiger partial charge in [0.25, 0.3) is 0 Å². The van der Waals surface area contributed by atoms with Crippen LogP contribution in [0, 0.1) is 0 Å². The second kappa shape index (κ2) is 7.14. The zero-order chi connectivity index (χ0) is 12.7. The zero-order valence-electron chi connectivity index (χ0n) is 8.82. The highest BCUT2D eigenvalue weighted by molar-refractivity contribution is 6.26. The van der Waals surface area contributed by atoms with Gasteiger partial charge in [-0.25, -0.2) is 0 Å². The number of para-hydroxylation sites is 2. The van der Waals surface area contributed by atoms with Gasteiger partial charge in [0, 0.05) is 5.88 Å². The fourth-order valence-corrected chi connectivity index (χ4v) is 1.23. The van der Waals surface area contributed by atoms with Gasteiger partial charge in [-0.1, -0.05) is 12.1 Å². The van der Waals surface area contributed by atoms with E-state index in [1.807, 2.05) is 0 Å². The molecule has 0 fully saturated rings. The maximum atomic E-state index is 11.2. The molecule has 0 aromatic heterocycles. The van der Waals surface area contributed by atoms with Crippen LogP contribution in [0.15, 0.2) is 24.3 Å². The first-order valence-electron chi connectivity index (χ1n) is 4.79. The number of ether oxygens (including phenoxy) is 2. The van der Waals surface area contributed by atoms with Gasteiger partial charge in [0.15, 0.2) is 11.5 Å². The van der Waals surface area contributed by atoms with Crippen LogP contribution in [0.2, 0.25) is 0 Å². The first-order chi connectivity index (χ1) is 8.17. The Bertz CT molecular complexity index is 406. The standard InChI is InChI=1S/C11H10Cl2O4/c12-6-5-10(14)16-8-3-1-2-4-9(8)17-11(15)7-13/h1-4H,5-7H2. The van der Waals surface area contributed by atoms with Gasteiger partial charge < -0.3 is 9.47 Å². The Kier molecular flexibility index (Phi) is 5.80. The van der Waals surface area contributed by atoms with Crippen molar-refractivity contribution >= 4 is 35.1 Å². The van der Waals surface area contributed by atoms with Crippen LogP contribution in [0.1, 0.15) is 6.42 Å². The molecule has 0 heterocycles. The van der Waals surface area contributed by atoms with Gasteiger partial charge in [-0.3, -0.25) is 9.59 Å². The summed E-state index contributed by atoms with van der Waals surface area (Å²) in [6, 6.07) is 6.33. The van der Waals surface area contributed by atoms with Crippen LogP contribution < -0.4 is 9.47 Å². The molecule has 1 aromatic carbocycles. The number of esters is 2. The van der Waals surface area contributed by atoms with Crippen LogP contribution in [-0.2, 0) is 9.59 Å². The van der Waals surface area contributed by atoms with Crippen LogP contribution in [0.25, 0.3) is 0 Å². The van der Waals surface area contributed by atoms with Crippen molar-refractivity contribution in [2.75, 3.05) is 11.8 Å². The first-order valence-corrected chi connectivity index (χ1v) is 5.86. The predicted molar refractivity (Wildman–Crippen MR) is 63.8 cm³/mol. The van der Waals surface area contributed by atoms with Gasteiger partial charge in [0.05, 0.1) is 6.42 Å². The molecule has 4 nitrogen and oxygen atoms in total. The lowest BCUT2D eigenvalue weighted by Gasteiger charge is -2.08. The average Bonchev–Trinajstić information content (AvgIpc) is 2.31. The van der Waals surface area contributed by atoms with Crippen LogP contribution in [0.3, 0.4) is 0 Å². The molecule has 0 saturated heterocycles. The highest BCUT2D eigenvalue weighted by Gasteiger charge is 2.12. The van der Waals surface area contributed by atoms with Gasteiger partial charge in [0.2, 0.25) is 0 Å². The maximum Gasteiger partial charge on any atom is 0.326 e. The third-order valence-electron chi connectivity index (χ3n) is 1.70. The lowest BCUT2D eigenvalue weighted by Crippen LogP contribution is -2.12. The van der Waals surface area contributed by atoms with E-state index in [4.69, 9.17) is 32.7 Å². The number of alkyl halides is 2. The summed E-state index contributed by atoms with van der Waals surface area (Å²) in [4.78, 5) is 22.3. The monoisotopic (exact) mass is 276 g/mol.